The number of phenolic OH excluding ortho intramolecular Hbond substituents is 1. The van der Waals surface area contributed by atoms with Crippen molar-refractivity contribution < 1.29 is 5.11 Å². The van der Waals surface area contributed by atoms with E-state index in [0.717, 1.165) is 24.8 Å². The van der Waals surface area contributed by atoms with E-state index in [-0.39, 0.29) is 5.41 Å². The van der Waals surface area contributed by atoms with Crippen LogP contribution in [0.5, 0.6) is 5.75 Å². The van der Waals surface area contributed by atoms with Crippen LogP contribution < -0.4 is 0 Å². The van der Waals surface area contributed by atoms with Crippen molar-refractivity contribution >= 4 is 11.6 Å². The number of allylic oxidation sites excluding steroid dienone is 1. The summed E-state index contributed by atoms with van der Waals surface area (Å²) in [5.74, 6) is 0.317. The molecule has 0 bridgehead atoms. The van der Waals surface area contributed by atoms with E-state index in [4.69, 9.17) is 0 Å². The summed E-state index contributed by atoms with van der Waals surface area (Å²) < 4.78 is 0. The third kappa shape index (κ3) is 2.31. The molecule has 25 heavy (non-hydrogen) atoms. The van der Waals surface area contributed by atoms with E-state index >= 15 is 0 Å². The van der Waals surface area contributed by atoms with Crippen LogP contribution in [0.3, 0.4) is 0 Å². The molecule has 2 aliphatic carbocycles. The Bertz CT molecular complexity index is 948. The zero-order chi connectivity index (χ0) is 16.9. The lowest BCUT2D eigenvalue weighted by atomic mass is 9.77. The highest BCUT2D eigenvalue weighted by Gasteiger charge is 2.45. The highest BCUT2D eigenvalue weighted by atomic mass is 16.3. The van der Waals surface area contributed by atoms with Crippen LogP contribution in [0.2, 0.25) is 0 Å². The van der Waals surface area contributed by atoms with Gasteiger partial charge >= 0.3 is 0 Å². The van der Waals surface area contributed by atoms with Crippen molar-refractivity contribution in [3.63, 3.8) is 0 Å². The highest BCUT2D eigenvalue weighted by Crippen LogP contribution is 2.54. The van der Waals surface area contributed by atoms with E-state index in [0.29, 0.717) is 5.75 Å². The SMILES string of the molecule is Oc1ccc(C=C2c3ccccc3CC23Cc2ccccc2C3)cc1. The molecule has 122 valence electrons. The standard InChI is InChI=1S/C24H20O/c25-21-11-9-17(10-12-21)13-23-22-8-4-3-7-20(22)16-24(23)14-18-5-1-2-6-19(18)15-24/h1-13,25H,14-16H2. The Labute approximate surface area is 148 Å². The lowest BCUT2D eigenvalue weighted by Crippen LogP contribution is -2.20. The van der Waals surface area contributed by atoms with Gasteiger partial charge in [0, 0.05) is 5.41 Å². The first-order chi connectivity index (χ1) is 12.2. The van der Waals surface area contributed by atoms with Gasteiger partial charge in [-0.1, -0.05) is 66.7 Å². The third-order valence-electron chi connectivity index (χ3n) is 5.79. The smallest absolute Gasteiger partial charge is 0.115 e. The zero-order valence-corrected chi connectivity index (χ0v) is 14.1. The maximum absolute atomic E-state index is 9.58. The molecule has 5 rings (SSSR count). The molecule has 1 N–H and O–H groups in total. The Kier molecular flexibility index (Phi) is 3.11. The predicted molar refractivity (Wildman–Crippen MR) is 102 cm³/mol. The van der Waals surface area contributed by atoms with Gasteiger partial charge in [-0.15, -0.1) is 0 Å². The van der Waals surface area contributed by atoms with E-state index in [2.05, 4.69) is 54.6 Å². The van der Waals surface area contributed by atoms with Crippen molar-refractivity contribution in [1.29, 1.82) is 0 Å². The van der Waals surface area contributed by atoms with E-state index in [1.165, 1.54) is 27.8 Å². The fourth-order valence-electron chi connectivity index (χ4n) is 4.66. The van der Waals surface area contributed by atoms with Crippen LogP contribution in [0.15, 0.2) is 72.8 Å². The van der Waals surface area contributed by atoms with Crippen LogP contribution in [0, 0.1) is 5.41 Å². The van der Waals surface area contributed by atoms with E-state index < -0.39 is 0 Å². The molecule has 1 nitrogen and oxygen atoms in total. The summed E-state index contributed by atoms with van der Waals surface area (Å²) in [6, 6.07) is 25.2. The first-order valence-electron chi connectivity index (χ1n) is 8.90. The van der Waals surface area contributed by atoms with Crippen molar-refractivity contribution in [1.82, 2.24) is 0 Å². The minimum Gasteiger partial charge on any atom is -0.508 e. The molecule has 0 radical (unpaired) electrons. The Morgan fingerprint density at radius 2 is 1.24 bits per heavy atom. The molecule has 0 atom stereocenters. The van der Waals surface area contributed by atoms with Crippen LogP contribution in [0.4, 0.5) is 0 Å². The largest absolute Gasteiger partial charge is 0.508 e. The lowest BCUT2D eigenvalue weighted by Gasteiger charge is -2.26. The Balaban J connectivity index is 1.66. The normalized spacial score (nSPS) is 18.5. The van der Waals surface area contributed by atoms with Crippen LogP contribution in [-0.4, -0.2) is 5.11 Å². The molecule has 0 fully saturated rings. The molecule has 0 heterocycles. The van der Waals surface area contributed by atoms with Gasteiger partial charge in [0.2, 0.25) is 0 Å². The topological polar surface area (TPSA) is 20.2 Å². The van der Waals surface area contributed by atoms with Gasteiger partial charge in [-0.25, -0.2) is 0 Å². The molecular formula is C24H20O. The molecule has 2 aliphatic rings. The Hall–Kier alpha value is -2.80. The number of hydrogen-bond donors (Lipinski definition) is 1. The maximum atomic E-state index is 9.58. The van der Waals surface area contributed by atoms with Crippen molar-refractivity contribution in [3.05, 3.63) is 101 Å². The molecule has 0 unspecified atom stereocenters. The van der Waals surface area contributed by atoms with E-state index in [9.17, 15) is 5.11 Å². The first kappa shape index (κ1) is 14.5. The summed E-state index contributed by atoms with van der Waals surface area (Å²) in [5, 5.41) is 9.58. The van der Waals surface area contributed by atoms with Gasteiger partial charge in [0.1, 0.15) is 5.75 Å². The first-order valence-corrected chi connectivity index (χ1v) is 8.90. The van der Waals surface area contributed by atoms with E-state index in [1.807, 2.05) is 12.1 Å². The molecule has 0 aromatic heterocycles. The lowest BCUT2D eigenvalue weighted by molar-refractivity contribution is 0.442. The summed E-state index contributed by atoms with van der Waals surface area (Å²) in [6.07, 6.45) is 5.67. The molecule has 3 aromatic carbocycles. The predicted octanol–water partition coefficient (Wildman–Crippen LogP) is 5.27. The number of rotatable bonds is 1. The summed E-state index contributed by atoms with van der Waals surface area (Å²) in [6.45, 7) is 0. The van der Waals surface area contributed by atoms with Crippen molar-refractivity contribution in [2.75, 3.05) is 0 Å². The minimum absolute atomic E-state index is 0.172. The molecule has 0 aliphatic heterocycles. The van der Waals surface area contributed by atoms with Gasteiger partial charge in [-0.05, 0) is 64.8 Å². The molecular weight excluding hydrogens is 304 g/mol. The molecule has 1 spiro atoms. The monoisotopic (exact) mass is 324 g/mol. The summed E-state index contributed by atoms with van der Waals surface area (Å²) in [5.41, 5.74) is 8.61. The van der Waals surface area contributed by atoms with E-state index in [1.54, 1.807) is 12.1 Å². The average molecular weight is 324 g/mol. The van der Waals surface area contributed by atoms with Crippen LogP contribution in [-0.2, 0) is 19.3 Å². The Morgan fingerprint density at radius 3 is 1.92 bits per heavy atom. The second kappa shape index (κ2) is 5.35. The quantitative estimate of drug-likeness (QED) is 0.646. The van der Waals surface area contributed by atoms with Crippen LogP contribution in [0.25, 0.3) is 11.6 Å². The van der Waals surface area contributed by atoms with Crippen molar-refractivity contribution in [2.45, 2.75) is 19.3 Å². The van der Waals surface area contributed by atoms with Gasteiger partial charge in [0.15, 0.2) is 0 Å². The number of benzene rings is 3. The number of hydrogen-bond acceptors (Lipinski definition) is 1. The van der Waals surface area contributed by atoms with Crippen LogP contribution in [0.1, 0.15) is 27.8 Å². The van der Waals surface area contributed by atoms with Gasteiger partial charge in [-0.2, -0.15) is 0 Å². The van der Waals surface area contributed by atoms with Crippen molar-refractivity contribution in [2.24, 2.45) is 5.41 Å². The van der Waals surface area contributed by atoms with Crippen molar-refractivity contribution in [3.8, 4) is 5.75 Å². The molecule has 0 saturated carbocycles. The number of fused-ring (bicyclic) bond motifs is 2. The average Bonchev–Trinajstić information content (AvgIpc) is 3.14. The maximum Gasteiger partial charge on any atom is 0.115 e. The summed E-state index contributed by atoms with van der Waals surface area (Å²) in [4.78, 5) is 0. The zero-order valence-electron chi connectivity index (χ0n) is 14.1. The highest BCUT2D eigenvalue weighted by molar-refractivity contribution is 5.90. The summed E-state index contributed by atoms with van der Waals surface area (Å²) in [7, 11) is 0. The fourth-order valence-corrected chi connectivity index (χ4v) is 4.66. The molecule has 1 heteroatoms. The third-order valence-corrected chi connectivity index (χ3v) is 5.79. The second-order valence-corrected chi connectivity index (χ2v) is 7.39. The van der Waals surface area contributed by atoms with Gasteiger partial charge < -0.3 is 5.11 Å². The number of aromatic hydroxyl groups is 1. The Morgan fingerprint density at radius 1 is 0.680 bits per heavy atom. The number of phenols is 1. The second-order valence-electron chi connectivity index (χ2n) is 7.39. The van der Waals surface area contributed by atoms with Gasteiger partial charge in [-0.3, -0.25) is 0 Å². The fraction of sp³-hybridized carbons (Fsp3) is 0.167. The summed E-state index contributed by atoms with van der Waals surface area (Å²) >= 11 is 0. The van der Waals surface area contributed by atoms with Crippen LogP contribution >= 0.6 is 0 Å². The molecule has 3 aromatic rings. The van der Waals surface area contributed by atoms with Gasteiger partial charge in [0.05, 0.1) is 0 Å². The molecule has 0 saturated heterocycles. The molecule has 0 amide bonds. The van der Waals surface area contributed by atoms with Gasteiger partial charge in [0.25, 0.3) is 0 Å². The minimum atomic E-state index is 0.172.